The summed E-state index contributed by atoms with van der Waals surface area (Å²) in [6.45, 7) is 7.99. The number of hydrogen-bond donors (Lipinski definition) is 1. The van der Waals surface area contributed by atoms with E-state index in [0.29, 0.717) is 0 Å². The van der Waals surface area contributed by atoms with Crippen LogP contribution in [0.1, 0.15) is 57.6 Å². The normalized spacial score (nSPS) is 21.7. The van der Waals surface area contributed by atoms with Gasteiger partial charge >= 0.3 is 0 Å². The van der Waals surface area contributed by atoms with Gasteiger partial charge in [-0.15, -0.1) is 0 Å². The first-order valence-corrected chi connectivity index (χ1v) is 6.35. The van der Waals surface area contributed by atoms with Gasteiger partial charge in [0, 0.05) is 18.7 Å². The van der Waals surface area contributed by atoms with E-state index in [0.717, 1.165) is 37.4 Å². The Morgan fingerprint density at radius 1 is 1.41 bits per heavy atom. The van der Waals surface area contributed by atoms with Crippen molar-refractivity contribution in [1.82, 2.24) is 10.3 Å². The molecule has 1 aromatic rings. The van der Waals surface area contributed by atoms with Gasteiger partial charge in [-0.05, 0) is 40.0 Å². The number of oxazole rings is 1. The zero-order valence-electron chi connectivity index (χ0n) is 11.0. The average Bonchev–Trinajstić information content (AvgIpc) is 2.75. The van der Waals surface area contributed by atoms with Crippen LogP contribution in [0.15, 0.2) is 10.8 Å². The quantitative estimate of drug-likeness (QED) is 0.879. The minimum Gasteiger partial charge on any atom is -0.445 e. The third-order valence-electron chi connectivity index (χ3n) is 2.93. The summed E-state index contributed by atoms with van der Waals surface area (Å²) in [4.78, 5) is 4.29. The van der Waals surface area contributed by atoms with Crippen LogP contribution in [0.25, 0.3) is 0 Å². The topological polar surface area (TPSA) is 47.3 Å². The summed E-state index contributed by atoms with van der Waals surface area (Å²) in [6, 6.07) is 0. The molecule has 0 radical (unpaired) electrons. The third-order valence-corrected chi connectivity index (χ3v) is 2.93. The largest absolute Gasteiger partial charge is 0.445 e. The SMILES string of the molecule is CC(C)(C)NCc1ncoc1C1CCCCO1. The van der Waals surface area contributed by atoms with Crippen LogP contribution >= 0.6 is 0 Å². The molecule has 0 bridgehead atoms. The van der Waals surface area contributed by atoms with Gasteiger partial charge in [-0.3, -0.25) is 0 Å². The van der Waals surface area contributed by atoms with Gasteiger partial charge < -0.3 is 14.5 Å². The predicted octanol–water partition coefficient (Wildman–Crippen LogP) is 2.80. The van der Waals surface area contributed by atoms with Crippen LogP contribution in [0.2, 0.25) is 0 Å². The van der Waals surface area contributed by atoms with E-state index in [-0.39, 0.29) is 11.6 Å². The van der Waals surface area contributed by atoms with Crippen molar-refractivity contribution in [1.29, 1.82) is 0 Å². The van der Waals surface area contributed by atoms with E-state index in [1.807, 2.05) is 0 Å². The van der Waals surface area contributed by atoms with Crippen molar-refractivity contribution in [3.8, 4) is 0 Å². The van der Waals surface area contributed by atoms with Crippen molar-refractivity contribution in [3.05, 3.63) is 17.8 Å². The molecule has 0 amide bonds. The second-order valence-corrected chi connectivity index (χ2v) is 5.62. The molecule has 0 aliphatic carbocycles. The van der Waals surface area contributed by atoms with Crippen LogP contribution in [-0.2, 0) is 11.3 Å². The fraction of sp³-hybridized carbons (Fsp3) is 0.769. The summed E-state index contributed by atoms with van der Waals surface area (Å²) < 4.78 is 11.2. The second-order valence-electron chi connectivity index (χ2n) is 5.62. The summed E-state index contributed by atoms with van der Waals surface area (Å²) >= 11 is 0. The molecule has 1 unspecified atom stereocenters. The van der Waals surface area contributed by atoms with Crippen molar-refractivity contribution >= 4 is 0 Å². The molecule has 1 saturated heterocycles. The van der Waals surface area contributed by atoms with Crippen LogP contribution < -0.4 is 5.32 Å². The lowest BCUT2D eigenvalue weighted by Crippen LogP contribution is -2.35. The van der Waals surface area contributed by atoms with Gasteiger partial charge in [-0.25, -0.2) is 4.98 Å². The summed E-state index contributed by atoms with van der Waals surface area (Å²) in [7, 11) is 0. The van der Waals surface area contributed by atoms with Gasteiger partial charge in [0.2, 0.25) is 0 Å². The minimum absolute atomic E-state index is 0.0869. The highest BCUT2D eigenvalue weighted by Crippen LogP contribution is 2.29. The van der Waals surface area contributed by atoms with Gasteiger partial charge in [0.1, 0.15) is 6.10 Å². The molecule has 96 valence electrons. The number of hydrogen-bond acceptors (Lipinski definition) is 4. The third kappa shape index (κ3) is 3.54. The molecule has 0 spiro atoms. The molecule has 2 rings (SSSR count). The number of ether oxygens (including phenoxy) is 1. The standard InChI is InChI=1S/C13H22N2O2/c1-13(2,3)15-8-10-12(17-9-14-10)11-6-4-5-7-16-11/h9,11,15H,4-8H2,1-3H3. The Morgan fingerprint density at radius 2 is 2.24 bits per heavy atom. The second kappa shape index (κ2) is 5.19. The summed E-state index contributed by atoms with van der Waals surface area (Å²) in [5, 5.41) is 3.43. The van der Waals surface area contributed by atoms with Crippen LogP contribution in [0.3, 0.4) is 0 Å². The molecule has 2 heterocycles. The average molecular weight is 238 g/mol. The molecule has 4 heteroatoms. The van der Waals surface area contributed by atoms with E-state index in [2.05, 4.69) is 31.1 Å². The molecule has 0 saturated carbocycles. The van der Waals surface area contributed by atoms with E-state index in [4.69, 9.17) is 9.15 Å². The highest BCUT2D eigenvalue weighted by molar-refractivity contribution is 5.11. The van der Waals surface area contributed by atoms with E-state index in [1.54, 1.807) is 0 Å². The Kier molecular flexibility index (Phi) is 3.84. The Balaban J connectivity index is 2.00. The molecule has 1 aromatic heterocycles. The van der Waals surface area contributed by atoms with E-state index >= 15 is 0 Å². The summed E-state index contributed by atoms with van der Waals surface area (Å²) in [5.41, 5.74) is 1.07. The van der Waals surface area contributed by atoms with Crippen molar-refractivity contribution < 1.29 is 9.15 Å². The molecular weight excluding hydrogens is 216 g/mol. The fourth-order valence-corrected chi connectivity index (χ4v) is 1.97. The maximum absolute atomic E-state index is 5.73. The summed E-state index contributed by atoms with van der Waals surface area (Å²) in [5.74, 6) is 0.904. The van der Waals surface area contributed by atoms with Crippen LogP contribution in [-0.4, -0.2) is 17.1 Å². The molecule has 1 atom stereocenters. The van der Waals surface area contributed by atoms with Gasteiger partial charge in [0.25, 0.3) is 0 Å². The zero-order valence-corrected chi connectivity index (χ0v) is 11.0. The van der Waals surface area contributed by atoms with Crippen molar-refractivity contribution in [2.24, 2.45) is 0 Å². The molecule has 1 aliphatic rings. The summed E-state index contributed by atoms with van der Waals surface area (Å²) in [6.07, 6.45) is 5.02. The van der Waals surface area contributed by atoms with Gasteiger partial charge in [-0.1, -0.05) is 0 Å². The predicted molar refractivity (Wildman–Crippen MR) is 65.6 cm³/mol. The first-order valence-electron chi connectivity index (χ1n) is 6.35. The zero-order chi connectivity index (χ0) is 12.3. The first-order chi connectivity index (χ1) is 8.06. The lowest BCUT2D eigenvalue weighted by atomic mass is 10.0. The van der Waals surface area contributed by atoms with Crippen molar-refractivity contribution in [3.63, 3.8) is 0 Å². The van der Waals surface area contributed by atoms with Crippen molar-refractivity contribution in [2.75, 3.05) is 6.61 Å². The highest BCUT2D eigenvalue weighted by atomic mass is 16.5. The van der Waals surface area contributed by atoms with E-state index < -0.39 is 0 Å². The Bertz CT molecular complexity index is 349. The maximum atomic E-state index is 5.73. The molecule has 4 nitrogen and oxygen atoms in total. The lowest BCUT2D eigenvalue weighted by molar-refractivity contribution is 0.00107. The molecule has 1 N–H and O–H groups in total. The van der Waals surface area contributed by atoms with Gasteiger partial charge in [-0.2, -0.15) is 0 Å². The van der Waals surface area contributed by atoms with Crippen LogP contribution in [0, 0.1) is 0 Å². The van der Waals surface area contributed by atoms with E-state index in [1.165, 1.54) is 12.8 Å². The number of rotatable bonds is 3. The van der Waals surface area contributed by atoms with E-state index in [9.17, 15) is 0 Å². The Hall–Kier alpha value is -0.870. The van der Waals surface area contributed by atoms with Crippen LogP contribution in [0.4, 0.5) is 0 Å². The number of nitrogens with zero attached hydrogens (tertiary/aromatic N) is 1. The fourth-order valence-electron chi connectivity index (χ4n) is 1.97. The first kappa shape index (κ1) is 12.6. The molecule has 1 aliphatic heterocycles. The molecule has 0 aromatic carbocycles. The number of nitrogens with one attached hydrogen (secondary N) is 1. The monoisotopic (exact) mass is 238 g/mol. The molecular formula is C13H22N2O2. The Labute approximate surface area is 103 Å². The molecule has 1 fully saturated rings. The minimum atomic E-state index is 0.0869. The van der Waals surface area contributed by atoms with Gasteiger partial charge in [0.05, 0.1) is 5.69 Å². The van der Waals surface area contributed by atoms with Gasteiger partial charge in [0.15, 0.2) is 12.2 Å². The highest BCUT2D eigenvalue weighted by Gasteiger charge is 2.23. The smallest absolute Gasteiger partial charge is 0.181 e. The molecule has 17 heavy (non-hydrogen) atoms. The maximum Gasteiger partial charge on any atom is 0.181 e. The van der Waals surface area contributed by atoms with Crippen LogP contribution in [0.5, 0.6) is 0 Å². The number of aromatic nitrogens is 1. The van der Waals surface area contributed by atoms with Crippen molar-refractivity contribution in [2.45, 2.75) is 58.2 Å². The Morgan fingerprint density at radius 3 is 2.88 bits per heavy atom. The lowest BCUT2D eigenvalue weighted by Gasteiger charge is -2.23.